The Bertz CT molecular complexity index is 537. The van der Waals surface area contributed by atoms with E-state index in [2.05, 4.69) is 53.4 Å². The number of hydrogen-bond donors (Lipinski definition) is 0. The lowest BCUT2D eigenvalue weighted by Crippen LogP contribution is -2.38. The van der Waals surface area contributed by atoms with Crippen LogP contribution >= 0.6 is 0 Å². The van der Waals surface area contributed by atoms with Gasteiger partial charge in [-0.15, -0.1) is 0 Å². The molecule has 0 saturated heterocycles. The van der Waals surface area contributed by atoms with Crippen molar-refractivity contribution in [3.8, 4) is 0 Å². The van der Waals surface area contributed by atoms with Gasteiger partial charge in [0.2, 0.25) is 0 Å². The van der Waals surface area contributed by atoms with E-state index in [1.807, 2.05) is 26.6 Å². The van der Waals surface area contributed by atoms with E-state index in [4.69, 9.17) is 11.6 Å². The highest BCUT2D eigenvalue weighted by molar-refractivity contribution is 6.70. The van der Waals surface area contributed by atoms with Crippen molar-refractivity contribution in [2.24, 2.45) is 17.8 Å². The van der Waals surface area contributed by atoms with Gasteiger partial charge < -0.3 is 8.85 Å². The second kappa shape index (κ2) is 15.0. The number of rotatable bonds is 17. The van der Waals surface area contributed by atoms with Crippen LogP contribution in [0.2, 0.25) is 39.3 Å². The first-order chi connectivity index (χ1) is 14.4. The molecule has 0 aliphatic rings. The van der Waals surface area contributed by atoms with Gasteiger partial charge in [-0.3, -0.25) is 0 Å². The minimum absolute atomic E-state index is 0.622. The smallest absolute Gasteiger partial charge is 0.184 e. The fraction of sp³-hybridized carbons (Fsp3) is 0.923. The summed E-state index contributed by atoms with van der Waals surface area (Å²) in [6, 6.07) is 0. The Morgan fingerprint density at radius 1 is 0.800 bits per heavy atom. The van der Waals surface area contributed by atoms with E-state index in [9.17, 15) is 0 Å². The van der Waals surface area contributed by atoms with E-state index in [0.29, 0.717) is 5.92 Å². The second-order valence-electron chi connectivity index (χ2n) is 11.9. The molecule has 0 rings (SSSR count). The first-order valence-corrected chi connectivity index (χ1v) is 19.3. The maximum Gasteiger partial charge on any atom is 0.184 e. The van der Waals surface area contributed by atoms with Crippen molar-refractivity contribution in [1.29, 1.82) is 0 Å². The molecule has 2 nitrogen and oxygen atoms in total. The second-order valence-corrected chi connectivity index (χ2v) is 20.8. The summed E-state index contributed by atoms with van der Waals surface area (Å²) in [6.07, 6.45) is 11.7. The van der Waals surface area contributed by atoms with Crippen molar-refractivity contribution in [2.75, 3.05) is 6.56 Å². The monoisotopic (exact) mass is 458 g/mol. The zero-order valence-corrected chi connectivity index (χ0v) is 24.4. The molecule has 0 bridgehead atoms. The topological polar surface area (TPSA) is 18.5 Å². The lowest BCUT2D eigenvalue weighted by Gasteiger charge is -2.30. The van der Waals surface area contributed by atoms with Gasteiger partial charge in [-0.2, -0.15) is 0 Å². The van der Waals surface area contributed by atoms with Gasteiger partial charge >= 0.3 is 0 Å². The van der Waals surface area contributed by atoms with Crippen molar-refractivity contribution in [3.05, 3.63) is 11.6 Å². The van der Waals surface area contributed by atoms with Crippen LogP contribution in [0.5, 0.6) is 0 Å². The summed E-state index contributed by atoms with van der Waals surface area (Å²) >= 11 is 0. The molecular formula is C26H56O2Si2. The molecule has 3 atom stereocenters. The van der Waals surface area contributed by atoms with Crippen molar-refractivity contribution in [2.45, 2.75) is 131 Å². The molecule has 0 N–H and O–H groups in total. The Kier molecular flexibility index (Phi) is 13.2. The molecule has 0 spiro atoms. The number of allylic oxidation sites excluding steroid dienone is 1. The Balaban J connectivity index is 4.68. The predicted molar refractivity (Wildman–Crippen MR) is 141 cm³/mol. The van der Waals surface area contributed by atoms with Gasteiger partial charge in [-0.05, 0) is 82.4 Å². The average Bonchev–Trinajstić information content (AvgIpc) is 2.56. The molecule has 30 heavy (non-hydrogen) atoms. The molecule has 0 aromatic rings. The molecule has 180 valence electrons. The van der Waals surface area contributed by atoms with E-state index in [1.54, 1.807) is 0 Å². The summed E-state index contributed by atoms with van der Waals surface area (Å²) in [6.45, 7) is 22.1. The molecule has 0 fully saturated rings. The molecule has 0 heterocycles. The Labute approximate surface area is 195 Å². The summed E-state index contributed by atoms with van der Waals surface area (Å²) in [5, 5.41) is 0. The Morgan fingerprint density at radius 3 is 1.77 bits per heavy atom. The van der Waals surface area contributed by atoms with E-state index >= 15 is 0 Å². The Hall–Kier alpha value is 0.0938. The molecule has 3 unspecified atom stereocenters. The predicted octanol–water partition coefficient (Wildman–Crippen LogP) is 9.05. The molecule has 0 saturated carbocycles. The highest BCUT2D eigenvalue weighted by Crippen LogP contribution is 2.22. The fourth-order valence-electron chi connectivity index (χ4n) is 3.47. The fourth-order valence-corrected chi connectivity index (χ4v) is 4.88. The normalized spacial score (nSPS) is 18.2. The minimum atomic E-state index is -2.03. The molecular weight excluding hydrogens is 400 g/mol. The van der Waals surface area contributed by atoms with Gasteiger partial charge in [-0.25, -0.2) is 0 Å². The summed E-state index contributed by atoms with van der Waals surface area (Å²) in [5.74, 6) is 2.37. The molecule has 0 amide bonds. The third-order valence-corrected chi connectivity index (χ3v) is 7.03. The van der Waals surface area contributed by atoms with Crippen LogP contribution < -0.4 is 0 Å². The Morgan fingerprint density at radius 2 is 1.30 bits per heavy atom. The van der Waals surface area contributed by atoms with Crippen LogP contribution in [0.4, 0.5) is 0 Å². The lowest BCUT2D eigenvalue weighted by atomic mass is 9.92. The molecule has 0 aliphatic carbocycles. The molecule has 0 radical (unpaired) electrons. The zero-order valence-electron chi connectivity index (χ0n) is 24.4. The van der Waals surface area contributed by atoms with Crippen molar-refractivity contribution in [1.82, 2.24) is 0 Å². The van der Waals surface area contributed by atoms with Gasteiger partial charge in [0.05, 0.1) is 15.4 Å². The van der Waals surface area contributed by atoms with Crippen LogP contribution in [0.15, 0.2) is 11.6 Å². The third-order valence-electron chi connectivity index (χ3n) is 5.36. The van der Waals surface area contributed by atoms with Crippen LogP contribution in [0.1, 0.15) is 88.7 Å². The van der Waals surface area contributed by atoms with Gasteiger partial charge in [0.1, 0.15) is 0 Å². The first-order valence-electron chi connectivity index (χ1n) is 13.5. The third kappa shape index (κ3) is 18.8. The standard InChI is InChI=1S/C26H56O2Si2/c1-22(2)15-12-16-23(3)17-13-18-24(4)19-14-20-25(5)26(28-30(9,10)11)21-27-29(6,7)8/h20,22-24,26H,12-19,21H2,1-11H3/b25-20+/i21D2. The minimum Gasteiger partial charge on any atom is -0.415 e. The lowest BCUT2D eigenvalue weighted by molar-refractivity contribution is 0.145. The van der Waals surface area contributed by atoms with Crippen LogP contribution in [0, 0.1) is 17.8 Å². The van der Waals surface area contributed by atoms with Crippen molar-refractivity contribution < 1.29 is 11.6 Å². The van der Waals surface area contributed by atoms with Crippen molar-refractivity contribution >= 4 is 16.6 Å². The number of hydrogen-bond acceptors (Lipinski definition) is 2. The van der Waals surface area contributed by atoms with Crippen LogP contribution in [-0.2, 0) is 8.85 Å². The molecule has 0 aromatic heterocycles. The van der Waals surface area contributed by atoms with Gasteiger partial charge in [0.25, 0.3) is 0 Å². The summed E-state index contributed by atoms with van der Waals surface area (Å²) in [7, 11) is -3.95. The summed E-state index contributed by atoms with van der Waals surface area (Å²) in [5.41, 5.74) is 0.974. The maximum atomic E-state index is 8.61. The SMILES string of the molecule is [2H]C([2H])(O[Si](C)(C)C)C(O[Si](C)(C)C)/C(C)=C/CCC(C)CCCC(C)CCCC(C)C. The van der Waals surface area contributed by atoms with Crippen LogP contribution in [0.25, 0.3) is 0 Å². The van der Waals surface area contributed by atoms with E-state index in [1.165, 1.54) is 38.5 Å². The maximum absolute atomic E-state index is 8.61. The first kappa shape index (κ1) is 26.3. The van der Waals surface area contributed by atoms with Gasteiger partial charge in [0.15, 0.2) is 16.6 Å². The average molecular weight is 459 g/mol. The van der Waals surface area contributed by atoms with Crippen LogP contribution in [0.3, 0.4) is 0 Å². The zero-order chi connectivity index (χ0) is 25.2. The van der Waals surface area contributed by atoms with E-state index in [-0.39, 0.29) is 0 Å². The highest BCUT2D eigenvalue weighted by atomic mass is 28.4. The van der Waals surface area contributed by atoms with E-state index in [0.717, 1.165) is 30.3 Å². The van der Waals surface area contributed by atoms with Crippen molar-refractivity contribution in [3.63, 3.8) is 0 Å². The largest absolute Gasteiger partial charge is 0.415 e. The van der Waals surface area contributed by atoms with E-state index < -0.39 is 29.3 Å². The van der Waals surface area contributed by atoms with Gasteiger partial charge in [-0.1, -0.05) is 72.3 Å². The van der Waals surface area contributed by atoms with Crippen LogP contribution in [-0.4, -0.2) is 29.3 Å². The summed E-state index contributed by atoms with van der Waals surface area (Å²) in [4.78, 5) is 0. The highest BCUT2D eigenvalue weighted by Gasteiger charge is 2.25. The summed E-state index contributed by atoms with van der Waals surface area (Å²) < 4.78 is 29.4. The quantitative estimate of drug-likeness (QED) is 0.160. The molecule has 4 heteroatoms. The van der Waals surface area contributed by atoms with Gasteiger partial charge in [0, 0.05) is 0 Å². The molecule has 0 aromatic carbocycles. The molecule has 0 aliphatic heterocycles.